The summed E-state index contributed by atoms with van der Waals surface area (Å²) >= 11 is 12.2. The quantitative estimate of drug-likeness (QED) is 0.671. The number of piperazine rings is 1. The van der Waals surface area contributed by atoms with E-state index in [0.29, 0.717) is 5.91 Å². The number of hydrogen-bond donors (Lipinski definition) is 0. The number of piperidine rings is 1. The average Bonchev–Trinajstić information content (AvgIpc) is 2.77. The van der Waals surface area contributed by atoms with Gasteiger partial charge < -0.3 is 9.80 Å². The second kappa shape index (κ2) is 9.59. The van der Waals surface area contributed by atoms with Crippen molar-refractivity contribution < 1.29 is 4.79 Å². The highest BCUT2D eigenvalue weighted by Crippen LogP contribution is 2.27. The van der Waals surface area contributed by atoms with Crippen molar-refractivity contribution in [3.63, 3.8) is 0 Å². The third kappa shape index (κ3) is 5.11. The van der Waals surface area contributed by atoms with E-state index in [1.807, 2.05) is 24.3 Å². The standard InChI is InChI=1S/C24H29Cl2N3O/c1-18-2-5-22(26)16-23(18)28-12-14-29(15-13-28)24(30)20-8-10-27(11-9-20)17-19-3-6-21(25)7-4-19/h2-7,16,20H,8-15,17H2,1H3. The van der Waals surface area contributed by atoms with Gasteiger partial charge in [0.1, 0.15) is 0 Å². The Morgan fingerprint density at radius 1 is 0.900 bits per heavy atom. The zero-order chi connectivity index (χ0) is 21.1. The Kier molecular flexibility index (Phi) is 6.87. The summed E-state index contributed by atoms with van der Waals surface area (Å²) in [6, 6.07) is 14.1. The number of benzene rings is 2. The number of amides is 1. The fourth-order valence-corrected chi connectivity index (χ4v) is 4.83. The molecule has 0 spiro atoms. The van der Waals surface area contributed by atoms with Crippen LogP contribution in [-0.4, -0.2) is 55.0 Å². The number of halogens is 2. The molecular formula is C24H29Cl2N3O. The maximum atomic E-state index is 13.1. The van der Waals surface area contributed by atoms with Crippen LogP contribution in [0.3, 0.4) is 0 Å². The Morgan fingerprint density at radius 3 is 2.20 bits per heavy atom. The lowest BCUT2D eigenvalue weighted by atomic mass is 9.94. The molecule has 0 N–H and O–H groups in total. The Labute approximate surface area is 189 Å². The number of likely N-dealkylation sites (tertiary alicyclic amines) is 1. The van der Waals surface area contributed by atoms with Gasteiger partial charge in [-0.3, -0.25) is 9.69 Å². The normalized spacial score (nSPS) is 18.6. The lowest BCUT2D eigenvalue weighted by molar-refractivity contribution is -0.137. The van der Waals surface area contributed by atoms with Gasteiger partial charge in [0.25, 0.3) is 0 Å². The zero-order valence-electron chi connectivity index (χ0n) is 17.5. The molecule has 30 heavy (non-hydrogen) atoms. The monoisotopic (exact) mass is 445 g/mol. The molecule has 160 valence electrons. The molecule has 0 atom stereocenters. The summed E-state index contributed by atoms with van der Waals surface area (Å²) in [4.78, 5) is 19.9. The second-order valence-electron chi connectivity index (χ2n) is 8.42. The maximum Gasteiger partial charge on any atom is 0.225 e. The SMILES string of the molecule is Cc1ccc(Cl)cc1N1CCN(C(=O)C2CCN(Cc3ccc(Cl)cc3)CC2)CC1. The summed E-state index contributed by atoms with van der Waals surface area (Å²) in [5.41, 5.74) is 3.69. The van der Waals surface area contributed by atoms with Crippen LogP contribution >= 0.6 is 23.2 Å². The van der Waals surface area contributed by atoms with Gasteiger partial charge in [0, 0.05) is 54.4 Å². The summed E-state index contributed by atoms with van der Waals surface area (Å²) < 4.78 is 0. The van der Waals surface area contributed by atoms with Crippen LogP contribution in [0.2, 0.25) is 10.0 Å². The van der Waals surface area contributed by atoms with Crippen LogP contribution < -0.4 is 4.90 Å². The van der Waals surface area contributed by atoms with Crippen molar-refractivity contribution in [2.45, 2.75) is 26.3 Å². The molecule has 2 aromatic rings. The molecule has 0 aliphatic carbocycles. The Balaban J connectivity index is 1.26. The van der Waals surface area contributed by atoms with Gasteiger partial charge in [0.05, 0.1) is 0 Å². The second-order valence-corrected chi connectivity index (χ2v) is 9.29. The number of anilines is 1. The van der Waals surface area contributed by atoms with Crippen molar-refractivity contribution in [1.29, 1.82) is 0 Å². The van der Waals surface area contributed by atoms with Gasteiger partial charge in [-0.25, -0.2) is 0 Å². The van der Waals surface area contributed by atoms with Crippen molar-refractivity contribution in [3.8, 4) is 0 Å². The van der Waals surface area contributed by atoms with Gasteiger partial charge in [0.15, 0.2) is 0 Å². The Bertz CT molecular complexity index is 871. The lowest BCUT2D eigenvalue weighted by Gasteiger charge is -2.39. The van der Waals surface area contributed by atoms with Crippen molar-refractivity contribution in [1.82, 2.24) is 9.80 Å². The van der Waals surface area contributed by atoms with Gasteiger partial charge in [0.2, 0.25) is 5.91 Å². The minimum absolute atomic E-state index is 0.158. The van der Waals surface area contributed by atoms with E-state index in [-0.39, 0.29) is 5.92 Å². The van der Waals surface area contributed by atoms with Crippen molar-refractivity contribution in [2.24, 2.45) is 5.92 Å². The Morgan fingerprint density at radius 2 is 1.53 bits per heavy atom. The van der Waals surface area contributed by atoms with Crippen LogP contribution in [0.1, 0.15) is 24.0 Å². The first-order chi connectivity index (χ1) is 14.5. The van der Waals surface area contributed by atoms with Crippen LogP contribution in [0.5, 0.6) is 0 Å². The topological polar surface area (TPSA) is 26.8 Å². The summed E-state index contributed by atoms with van der Waals surface area (Å²) in [5.74, 6) is 0.495. The largest absolute Gasteiger partial charge is 0.368 e. The lowest BCUT2D eigenvalue weighted by Crippen LogP contribution is -2.51. The molecule has 2 aliphatic heterocycles. The molecule has 2 aromatic carbocycles. The highest BCUT2D eigenvalue weighted by Gasteiger charge is 2.30. The molecule has 4 nitrogen and oxygen atoms in total. The molecule has 4 rings (SSSR count). The van der Waals surface area contributed by atoms with E-state index in [0.717, 1.165) is 68.7 Å². The molecule has 1 amide bonds. The predicted molar refractivity (Wildman–Crippen MR) is 124 cm³/mol. The smallest absolute Gasteiger partial charge is 0.225 e. The van der Waals surface area contributed by atoms with Gasteiger partial charge in [-0.05, 0) is 68.2 Å². The van der Waals surface area contributed by atoms with Crippen LogP contribution in [0.15, 0.2) is 42.5 Å². The third-order valence-electron chi connectivity index (χ3n) is 6.36. The first kappa shape index (κ1) is 21.5. The number of carbonyl (C=O) groups excluding carboxylic acids is 1. The van der Waals surface area contributed by atoms with Crippen molar-refractivity contribution in [3.05, 3.63) is 63.6 Å². The van der Waals surface area contributed by atoms with E-state index in [9.17, 15) is 4.79 Å². The van der Waals surface area contributed by atoms with Crippen molar-refractivity contribution in [2.75, 3.05) is 44.2 Å². The number of hydrogen-bond acceptors (Lipinski definition) is 3. The number of nitrogens with zero attached hydrogens (tertiary/aromatic N) is 3. The molecule has 0 bridgehead atoms. The molecule has 0 radical (unpaired) electrons. The molecule has 2 saturated heterocycles. The van der Waals surface area contributed by atoms with E-state index >= 15 is 0 Å². The maximum absolute atomic E-state index is 13.1. The van der Waals surface area contributed by atoms with Crippen molar-refractivity contribution >= 4 is 34.8 Å². The van der Waals surface area contributed by atoms with Crippen LogP contribution in [0, 0.1) is 12.8 Å². The highest BCUT2D eigenvalue weighted by molar-refractivity contribution is 6.31. The first-order valence-electron chi connectivity index (χ1n) is 10.8. The van der Waals surface area contributed by atoms with E-state index < -0.39 is 0 Å². The summed E-state index contributed by atoms with van der Waals surface area (Å²) in [6.45, 7) is 8.29. The molecule has 0 aromatic heterocycles. The van der Waals surface area contributed by atoms with Gasteiger partial charge in [-0.2, -0.15) is 0 Å². The van der Waals surface area contributed by atoms with Gasteiger partial charge in [-0.15, -0.1) is 0 Å². The number of aryl methyl sites for hydroxylation is 1. The molecule has 2 aliphatic rings. The van der Waals surface area contributed by atoms with E-state index in [1.54, 1.807) is 0 Å². The molecule has 6 heteroatoms. The first-order valence-corrected chi connectivity index (χ1v) is 11.5. The summed E-state index contributed by atoms with van der Waals surface area (Å²) in [7, 11) is 0. The fraction of sp³-hybridized carbons (Fsp3) is 0.458. The Hall–Kier alpha value is -1.75. The third-order valence-corrected chi connectivity index (χ3v) is 6.85. The average molecular weight is 446 g/mol. The highest BCUT2D eigenvalue weighted by atomic mass is 35.5. The zero-order valence-corrected chi connectivity index (χ0v) is 19.0. The van der Waals surface area contributed by atoms with Gasteiger partial charge in [-0.1, -0.05) is 41.4 Å². The fourth-order valence-electron chi connectivity index (χ4n) is 4.54. The molecule has 0 unspecified atom stereocenters. The molecular weight excluding hydrogens is 417 g/mol. The number of rotatable bonds is 4. The molecule has 2 heterocycles. The minimum Gasteiger partial charge on any atom is -0.368 e. The van der Waals surface area contributed by atoms with Gasteiger partial charge >= 0.3 is 0 Å². The van der Waals surface area contributed by atoms with Crippen LogP contribution in [-0.2, 0) is 11.3 Å². The predicted octanol–water partition coefficient (Wildman–Crippen LogP) is 4.86. The molecule has 0 saturated carbocycles. The molecule has 2 fully saturated rings. The summed E-state index contributed by atoms with van der Waals surface area (Å²) in [5, 5.41) is 1.54. The van der Waals surface area contributed by atoms with E-state index in [1.165, 1.54) is 16.8 Å². The van der Waals surface area contributed by atoms with E-state index in [4.69, 9.17) is 23.2 Å². The van der Waals surface area contributed by atoms with E-state index in [2.05, 4.69) is 39.8 Å². The number of carbonyl (C=O) groups is 1. The minimum atomic E-state index is 0.158. The summed E-state index contributed by atoms with van der Waals surface area (Å²) in [6.07, 6.45) is 1.89. The van der Waals surface area contributed by atoms with Crippen LogP contribution in [0.25, 0.3) is 0 Å². The van der Waals surface area contributed by atoms with Crippen LogP contribution in [0.4, 0.5) is 5.69 Å².